The van der Waals surface area contributed by atoms with Gasteiger partial charge in [-0.25, -0.2) is 19.7 Å². The number of aromatic nitrogens is 3. The molecule has 0 radical (unpaired) electrons. The third-order valence-corrected chi connectivity index (χ3v) is 5.70. The first-order valence-corrected chi connectivity index (χ1v) is 10.5. The van der Waals surface area contributed by atoms with Crippen LogP contribution >= 0.6 is 0 Å². The zero-order valence-electron chi connectivity index (χ0n) is 18.1. The summed E-state index contributed by atoms with van der Waals surface area (Å²) in [6.07, 6.45) is 4.19. The topological polar surface area (TPSA) is 68.2 Å². The Kier molecular flexibility index (Phi) is 5.09. The van der Waals surface area contributed by atoms with Crippen LogP contribution in [0.15, 0.2) is 85.3 Å². The average molecular weight is 440 g/mol. The highest BCUT2D eigenvalue weighted by atomic mass is 19.1. The fraction of sp³-hybridized carbons (Fsp3) is 0.154. The molecule has 6 nitrogen and oxygen atoms in total. The number of cyclic esters (lactones) is 1. The third-order valence-electron chi connectivity index (χ3n) is 5.70. The van der Waals surface area contributed by atoms with Gasteiger partial charge >= 0.3 is 6.09 Å². The molecule has 0 spiro atoms. The number of anilines is 1. The van der Waals surface area contributed by atoms with Crippen LogP contribution in [0.2, 0.25) is 0 Å². The summed E-state index contributed by atoms with van der Waals surface area (Å²) >= 11 is 0. The monoisotopic (exact) mass is 440 g/mol. The number of pyridine rings is 1. The molecule has 2 aromatic carbocycles. The molecule has 2 aromatic heterocycles. The maximum absolute atomic E-state index is 14.3. The third kappa shape index (κ3) is 3.82. The molecule has 1 atom stereocenters. The molecule has 4 aromatic rings. The Morgan fingerprint density at radius 3 is 2.30 bits per heavy atom. The van der Waals surface area contributed by atoms with Crippen LogP contribution < -0.4 is 4.90 Å². The Hall–Kier alpha value is -4.13. The lowest BCUT2D eigenvalue weighted by atomic mass is 9.91. The van der Waals surface area contributed by atoms with Gasteiger partial charge in [0.1, 0.15) is 11.6 Å². The van der Waals surface area contributed by atoms with E-state index in [1.165, 1.54) is 6.20 Å². The maximum atomic E-state index is 14.3. The van der Waals surface area contributed by atoms with Crippen LogP contribution in [0.1, 0.15) is 25.5 Å². The fourth-order valence-electron chi connectivity index (χ4n) is 4.20. The Morgan fingerprint density at radius 2 is 1.61 bits per heavy atom. The predicted molar refractivity (Wildman–Crippen MR) is 123 cm³/mol. The summed E-state index contributed by atoms with van der Waals surface area (Å²) in [5, 5.41) is 0. The lowest BCUT2D eigenvalue weighted by molar-refractivity contribution is 0.0685. The molecule has 164 valence electrons. The van der Waals surface area contributed by atoms with E-state index in [0.717, 1.165) is 11.1 Å². The molecule has 0 saturated carbocycles. The van der Waals surface area contributed by atoms with Crippen molar-refractivity contribution in [3.8, 4) is 22.5 Å². The molecule has 3 heterocycles. The highest BCUT2D eigenvalue weighted by molar-refractivity contribution is 5.92. The van der Waals surface area contributed by atoms with Crippen molar-refractivity contribution in [2.24, 2.45) is 0 Å². The van der Waals surface area contributed by atoms with Gasteiger partial charge in [0, 0.05) is 29.8 Å². The number of halogens is 1. The summed E-state index contributed by atoms with van der Waals surface area (Å²) in [4.78, 5) is 26.6. The number of nitrogens with zero attached hydrogens (tertiary/aromatic N) is 4. The van der Waals surface area contributed by atoms with Gasteiger partial charge in [-0.15, -0.1) is 0 Å². The Bertz CT molecular complexity index is 1300. The van der Waals surface area contributed by atoms with Gasteiger partial charge in [-0.3, -0.25) is 4.90 Å². The molecular formula is C26H21FN4O2. The van der Waals surface area contributed by atoms with Crippen LogP contribution in [-0.4, -0.2) is 26.6 Å². The minimum absolute atomic E-state index is 0.228. The lowest BCUT2D eigenvalue weighted by Crippen LogP contribution is -2.33. The smallest absolute Gasteiger partial charge is 0.415 e. The van der Waals surface area contributed by atoms with Crippen molar-refractivity contribution >= 4 is 11.8 Å². The molecule has 33 heavy (non-hydrogen) atoms. The van der Waals surface area contributed by atoms with Gasteiger partial charge in [-0.05, 0) is 49.2 Å². The molecule has 1 amide bonds. The molecule has 0 aliphatic carbocycles. The predicted octanol–water partition coefficient (Wildman–Crippen LogP) is 5.82. The van der Waals surface area contributed by atoms with Crippen LogP contribution in [-0.2, 0) is 4.74 Å². The molecule has 0 N–H and O–H groups in total. The Labute approximate surface area is 190 Å². The number of carbonyl (C=O) groups is 1. The average Bonchev–Trinajstić information content (AvgIpc) is 3.08. The summed E-state index contributed by atoms with van der Waals surface area (Å²) in [5.74, 6) is -0.358. The highest BCUT2D eigenvalue weighted by Gasteiger charge is 2.49. The normalized spacial score (nSPS) is 17.1. The molecular weight excluding hydrogens is 419 g/mol. The summed E-state index contributed by atoms with van der Waals surface area (Å²) < 4.78 is 20.0. The van der Waals surface area contributed by atoms with Gasteiger partial charge in [-0.2, -0.15) is 4.39 Å². The minimum Gasteiger partial charge on any atom is -0.441 e. The SMILES string of the molecule is CC1(C)OC(=O)N(c2ccc(-c3cnc(F)c(-c4ncccn4)c3)cc2)C1c1ccccc1. The molecule has 1 aliphatic heterocycles. The second-order valence-corrected chi connectivity index (χ2v) is 8.34. The zero-order valence-corrected chi connectivity index (χ0v) is 18.1. The first-order chi connectivity index (χ1) is 15.9. The summed E-state index contributed by atoms with van der Waals surface area (Å²) in [6.45, 7) is 3.82. The van der Waals surface area contributed by atoms with E-state index in [9.17, 15) is 9.18 Å². The second-order valence-electron chi connectivity index (χ2n) is 8.34. The van der Waals surface area contributed by atoms with Gasteiger partial charge in [0.05, 0.1) is 5.56 Å². The van der Waals surface area contributed by atoms with Gasteiger partial charge in [0.25, 0.3) is 0 Å². The first-order valence-electron chi connectivity index (χ1n) is 10.5. The molecule has 1 saturated heterocycles. The quantitative estimate of drug-likeness (QED) is 0.374. The number of benzene rings is 2. The largest absolute Gasteiger partial charge is 0.441 e. The standard InChI is InChI=1S/C26H21FN4O2/c1-26(2)22(18-7-4-3-5-8-18)31(25(32)33-26)20-11-9-17(10-12-20)19-15-21(23(27)30-16-19)24-28-13-6-14-29-24/h3-16,22H,1-2H3. The van der Waals surface area contributed by atoms with Crippen molar-refractivity contribution in [3.63, 3.8) is 0 Å². The van der Waals surface area contributed by atoms with E-state index in [4.69, 9.17) is 4.74 Å². The number of rotatable bonds is 4. The molecule has 1 aliphatic rings. The molecule has 5 rings (SSSR count). The molecule has 1 fully saturated rings. The van der Waals surface area contributed by atoms with Crippen molar-refractivity contribution < 1.29 is 13.9 Å². The van der Waals surface area contributed by atoms with Crippen LogP contribution in [0.5, 0.6) is 0 Å². The van der Waals surface area contributed by atoms with E-state index in [2.05, 4.69) is 15.0 Å². The van der Waals surface area contributed by atoms with Crippen LogP contribution in [0.4, 0.5) is 14.9 Å². The van der Waals surface area contributed by atoms with Crippen molar-refractivity contribution in [2.45, 2.75) is 25.5 Å². The minimum atomic E-state index is -0.692. The van der Waals surface area contributed by atoms with E-state index in [-0.39, 0.29) is 17.4 Å². The van der Waals surface area contributed by atoms with Gasteiger partial charge in [0.2, 0.25) is 5.95 Å². The van der Waals surface area contributed by atoms with Crippen molar-refractivity contribution in [2.75, 3.05) is 4.90 Å². The number of ether oxygens (including phenoxy) is 1. The first kappa shape index (κ1) is 20.8. The number of amides is 1. The molecule has 7 heteroatoms. The number of carbonyl (C=O) groups excluding carboxylic acids is 1. The van der Waals surface area contributed by atoms with E-state index < -0.39 is 17.6 Å². The molecule has 0 bridgehead atoms. The highest BCUT2D eigenvalue weighted by Crippen LogP contribution is 2.44. The summed E-state index contributed by atoms with van der Waals surface area (Å²) in [7, 11) is 0. The van der Waals surface area contributed by atoms with E-state index in [0.29, 0.717) is 11.3 Å². The van der Waals surface area contributed by atoms with Crippen molar-refractivity contribution in [3.05, 3.63) is 96.8 Å². The van der Waals surface area contributed by atoms with Crippen molar-refractivity contribution in [1.82, 2.24) is 15.0 Å². The summed E-state index contributed by atoms with van der Waals surface area (Å²) in [6, 6.07) is 20.4. The number of hydrogen-bond donors (Lipinski definition) is 0. The van der Waals surface area contributed by atoms with Gasteiger partial charge in [0.15, 0.2) is 5.82 Å². The number of hydrogen-bond acceptors (Lipinski definition) is 5. The maximum Gasteiger partial charge on any atom is 0.415 e. The van der Waals surface area contributed by atoms with Crippen molar-refractivity contribution in [1.29, 1.82) is 0 Å². The van der Waals surface area contributed by atoms with Gasteiger partial charge < -0.3 is 4.74 Å². The Morgan fingerprint density at radius 1 is 0.909 bits per heavy atom. The zero-order chi connectivity index (χ0) is 23.0. The fourth-order valence-corrected chi connectivity index (χ4v) is 4.20. The van der Waals surface area contributed by atoms with Crippen LogP contribution in [0.25, 0.3) is 22.5 Å². The lowest BCUT2D eigenvalue weighted by Gasteiger charge is -2.29. The summed E-state index contributed by atoms with van der Waals surface area (Å²) in [5.41, 5.74) is 2.78. The van der Waals surface area contributed by atoms with E-state index >= 15 is 0 Å². The second kappa shape index (κ2) is 8.09. The van der Waals surface area contributed by atoms with Crippen LogP contribution in [0.3, 0.4) is 0 Å². The van der Waals surface area contributed by atoms with Gasteiger partial charge in [-0.1, -0.05) is 42.5 Å². The van der Waals surface area contributed by atoms with Crippen LogP contribution in [0, 0.1) is 5.95 Å². The Balaban J connectivity index is 1.49. The molecule has 1 unspecified atom stereocenters. The van der Waals surface area contributed by atoms with E-state index in [1.807, 2.05) is 68.4 Å². The van der Waals surface area contributed by atoms with E-state index in [1.54, 1.807) is 29.4 Å².